The number of hydrogen-bond donors (Lipinski definition) is 1. The molecule has 1 N–H and O–H groups in total. The highest BCUT2D eigenvalue weighted by Gasteiger charge is 2.00. The molecule has 0 radical (unpaired) electrons. The topological polar surface area (TPSA) is 46.5 Å². The van der Waals surface area contributed by atoms with E-state index in [1.807, 2.05) is 30.3 Å². The molecule has 0 spiro atoms. The Kier molecular flexibility index (Phi) is 10.2. The Morgan fingerprint density at radius 2 is 1.46 bits per heavy atom. The zero-order chi connectivity index (χ0) is 20.0. The average Bonchev–Trinajstić information content (AvgIpc) is 2.70. The molecule has 28 heavy (non-hydrogen) atoms. The minimum absolute atomic E-state index is 0.765. The van der Waals surface area contributed by atoms with Crippen LogP contribution in [0.5, 0.6) is 5.75 Å². The van der Waals surface area contributed by atoms with Crippen LogP contribution >= 0.6 is 0 Å². The number of benzene rings is 2. The minimum Gasteiger partial charge on any atom is -0.494 e. The quantitative estimate of drug-likeness (QED) is 0.277. The van der Waals surface area contributed by atoms with Gasteiger partial charge < -0.3 is 9.84 Å². The molecule has 0 atom stereocenters. The molecule has 0 aliphatic heterocycles. The van der Waals surface area contributed by atoms with Gasteiger partial charge in [-0.2, -0.15) is 0 Å². The van der Waals surface area contributed by atoms with E-state index in [2.05, 4.69) is 13.0 Å². The summed E-state index contributed by atoms with van der Waals surface area (Å²) in [4.78, 5) is 10.6. The van der Waals surface area contributed by atoms with E-state index in [1.165, 1.54) is 57.8 Å². The highest BCUT2D eigenvalue weighted by atomic mass is 16.5. The summed E-state index contributed by atoms with van der Waals surface area (Å²) in [6.45, 7) is 3.03. The second-order valence-corrected chi connectivity index (χ2v) is 7.47. The number of hydrogen-bond acceptors (Lipinski definition) is 2. The van der Waals surface area contributed by atoms with Crippen molar-refractivity contribution in [1.82, 2.24) is 0 Å². The molecule has 152 valence electrons. The molecule has 3 nitrogen and oxygen atoms in total. The van der Waals surface area contributed by atoms with E-state index in [4.69, 9.17) is 9.84 Å². The lowest BCUT2D eigenvalue weighted by molar-refractivity contribution is -0.131. The average molecular weight is 383 g/mol. The zero-order valence-electron chi connectivity index (χ0n) is 17.2. The van der Waals surface area contributed by atoms with Crippen LogP contribution in [0.1, 0.15) is 76.7 Å². The molecule has 2 aromatic carbocycles. The monoisotopic (exact) mass is 382 g/mol. The lowest BCUT2D eigenvalue weighted by Crippen LogP contribution is -1.97. The molecule has 0 saturated heterocycles. The predicted molar refractivity (Wildman–Crippen MR) is 118 cm³/mol. The lowest BCUT2D eigenvalue weighted by Gasteiger charge is -2.08. The van der Waals surface area contributed by atoms with Crippen molar-refractivity contribution in [2.24, 2.45) is 0 Å². The fourth-order valence-corrected chi connectivity index (χ4v) is 3.38. The van der Waals surface area contributed by atoms with Crippen LogP contribution in [0.2, 0.25) is 0 Å². The summed E-state index contributed by atoms with van der Waals surface area (Å²) in [7, 11) is 0. The summed E-state index contributed by atoms with van der Waals surface area (Å²) in [5.41, 5.74) is 0.883. The van der Waals surface area contributed by atoms with E-state index in [0.29, 0.717) is 0 Å². The molecular formula is C25H34O3. The molecule has 3 heteroatoms. The Balaban J connectivity index is 1.65. The largest absolute Gasteiger partial charge is 0.494 e. The Bertz CT molecular complexity index is 749. The van der Waals surface area contributed by atoms with Gasteiger partial charge in [-0.3, -0.25) is 0 Å². The van der Waals surface area contributed by atoms with Crippen LogP contribution in [0.4, 0.5) is 0 Å². The number of fused-ring (bicyclic) bond motifs is 1. The molecule has 2 rings (SSSR count). The lowest BCUT2D eigenvalue weighted by atomic mass is 10.1. The van der Waals surface area contributed by atoms with Crippen LogP contribution in [0.3, 0.4) is 0 Å². The highest BCUT2D eigenvalue weighted by Crippen LogP contribution is 2.23. The molecule has 0 aromatic heterocycles. The molecule has 0 fully saturated rings. The molecule has 0 unspecified atom stereocenters. The van der Waals surface area contributed by atoms with Crippen LogP contribution < -0.4 is 4.74 Å². The van der Waals surface area contributed by atoms with Crippen molar-refractivity contribution in [3.63, 3.8) is 0 Å². The summed E-state index contributed by atoms with van der Waals surface area (Å²) < 4.78 is 5.90. The van der Waals surface area contributed by atoms with E-state index >= 15 is 0 Å². The maximum absolute atomic E-state index is 10.6. The van der Waals surface area contributed by atoms with Crippen LogP contribution in [0, 0.1) is 0 Å². The minimum atomic E-state index is -0.934. The first-order valence-electron chi connectivity index (χ1n) is 10.8. The second-order valence-electron chi connectivity index (χ2n) is 7.47. The Morgan fingerprint density at radius 3 is 2.14 bits per heavy atom. The SMILES string of the molecule is CCCCCCCCCCCCOc1ccc2cc(/C=C/C(=O)O)ccc2c1. The van der Waals surface area contributed by atoms with Gasteiger partial charge in [-0.25, -0.2) is 4.79 Å². The highest BCUT2D eigenvalue weighted by molar-refractivity contribution is 5.89. The van der Waals surface area contributed by atoms with Gasteiger partial charge >= 0.3 is 5.97 Å². The molecule has 0 bridgehead atoms. The van der Waals surface area contributed by atoms with E-state index in [0.717, 1.165) is 41.2 Å². The third-order valence-electron chi connectivity index (χ3n) is 5.02. The number of unbranched alkanes of at least 4 members (excludes halogenated alkanes) is 9. The van der Waals surface area contributed by atoms with Crippen LogP contribution in [0.15, 0.2) is 42.5 Å². The standard InChI is InChI=1S/C25H34O3/c1-2-3-4-5-6-7-8-9-10-11-18-28-24-16-15-22-19-21(13-17-25(26)27)12-14-23(22)20-24/h12-17,19-20H,2-11,18H2,1H3,(H,26,27)/b17-13+. The molecule has 0 heterocycles. The smallest absolute Gasteiger partial charge is 0.328 e. The third kappa shape index (κ3) is 8.60. The van der Waals surface area contributed by atoms with Gasteiger partial charge in [0.15, 0.2) is 0 Å². The first-order chi connectivity index (χ1) is 13.7. The Morgan fingerprint density at radius 1 is 0.857 bits per heavy atom. The summed E-state index contributed by atoms with van der Waals surface area (Å²) in [6.07, 6.45) is 16.0. The van der Waals surface area contributed by atoms with Gasteiger partial charge in [-0.15, -0.1) is 0 Å². The number of carboxylic acids is 1. The zero-order valence-corrected chi connectivity index (χ0v) is 17.2. The van der Waals surface area contributed by atoms with Crippen molar-refractivity contribution in [2.45, 2.75) is 71.1 Å². The van der Waals surface area contributed by atoms with Gasteiger partial charge in [0.1, 0.15) is 5.75 Å². The van der Waals surface area contributed by atoms with Gasteiger partial charge in [-0.1, -0.05) is 82.9 Å². The summed E-state index contributed by atoms with van der Waals surface area (Å²) in [6, 6.07) is 12.0. The van der Waals surface area contributed by atoms with Gasteiger partial charge in [0, 0.05) is 6.08 Å². The van der Waals surface area contributed by atoms with Gasteiger partial charge in [-0.05, 0) is 47.0 Å². The van der Waals surface area contributed by atoms with Crippen molar-refractivity contribution in [2.75, 3.05) is 6.61 Å². The van der Waals surface area contributed by atoms with Crippen molar-refractivity contribution >= 4 is 22.8 Å². The van der Waals surface area contributed by atoms with Gasteiger partial charge in [0.05, 0.1) is 6.61 Å². The van der Waals surface area contributed by atoms with Crippen LogP contribution in [0.25, 0.3) is 16.8 Å². The number of rotatable bonds is 14. The Labute approximate surface area is 169 Å². The normalized spacial score (nSPS) is 11.3. The fourth-order valence-electron chi connectivity index (χ4n) is 3.38. The molecule has 0 aliphatic carbocycles. The van der Waals surface area contributed by atoms with E-state index in [1.54, 1.807) is 6.08 Å². The second kappa shape index (κ2) is 13.0. The Hall–Kier alpha value is -2.29. The molecule has 0 aliphatic rings. The number of ether oxygens (including phenoxy) is 1. The van der Waals surface area contributed by atoms with Gasteiger partial charge in [0.2, 0.25) is 0 Å². The van der Waals surface area contributed by atoms with Crippen LogP contribution in [-0.4, -0.2) is 17.7 Å². The molecule has 2 aromatic rings. The third-order valence-corrected chi connectivity index (χ3v) is 5.02. The summed E-state index contributed by atoms with van der Waals surface area (Å²) in [5.74, 6) is -0.0342. The number of aliphatic carboxylic acids is 1. The van der Waals surface area contributed by atoms with E-state index in [-0.39, 0.29) is 0 Å². The van der Waals surface area contributed by atoms with Gasteiger partial charge in [0.25, 0.3) is 0 Å². The summed E-state index contributed by atoms with van der Waals surface area (Å²) >= 11 is 0. The predicted octanol–water partition coefficient (Wildman–Crippen LogP) is 7.24. The molecular weight excluding hydrogens is 348 g/mol. The van der Waals surface area contributed by atoms with E-state index < -0.39 is 5.97 Å². The van der Waals surface area contributed by atoms with Crippen molar-refractivity contribution in [3.8, 4) is 5.75 Å². The van der Waals surface area contributed by atoms with Crippen LogP contribution in [-0.2, 0) is 4.79 Å². The fraction of sp³-hybridized carbons (Fsp3) is 0.480. The van der Waals surface area contributed by atoms with Crippen molar-refractivity contribution in [1.29, 1.82) is 0 Å². The maximum Gasteiger partial charge on any atom is 0.328 e. The summed E-state index contributed by atoms with van der Waals surface area (Å²) in [5, 5.41) is 10.9. The first kappa shape index (κ1) is 22.0. The number of carboxylic acid groups (broad SMARTS) is 1. The molecule has 0 amide bonds. The van der Waals surface area contributed by atoms with Crippen molar-refractivity contribution in [3.05, 3.63) is 48.0 Å². The van der Waals surface area contributed by atoms with Crippen molar-refractivity contribution < 1.29 is 14.6 Å². The number of carbonyl (C=O) groups is 1. The van der Waals surface area contributed by atoms with E-state index in [9.17, 15) is 4.79 Å². The molecule has 0 saturated carbocycles. The maximum atomic E-state index is 10.6. The first-order valence-corrected chi connectivity index (χ1v) is 10.8.